The van der Waals surface area contributed by atoms with E-state index in [1.807, 2.05) is 12.1 Å². The molecular weight excluding hydrogens is 281 g/mol. The average molecular weight is 299 g/mol. The third-order valence-corrected chi connectivity index (χ3v) is 4.21. The van der Waals surface area contributed by atoms with Crippen LogP contribution in [0.1, 0.15) is 35.2 Å². The molecule has 0 spiro atoms. The van der Waals surface area contributed by atoms with Crippen LogP contribution in [0.5, 0.6) is 0 Å². The second kappa shape index (κ2) is 6.64. The Morgan fingerprint density at radius 3 is 2.64 bits per heavy atom. The molecule has 1 N–H and O–H groups in total. The van der Waals surface area contributed by atoms with Crippen LogP contribution in [0.4, 0.5) is 4.39 Å². The van der Waals surface area contributed by atoms with Crippen molar-refractivity contribution in [3.63, 3.8) is 0 Å². The van der Waals surface area contributed by atoms with Crippen LogP contribution in [0.2, 0.25) is 0 Å². The van der Waals surface area contributed by atoms with Gasteiger partial charge in [0.15, 0.2) is 0 Å². The number of hydrogen-bond acceptors (Lipinski definition) is 3. The summed E-state index contributed by atoms with van der Waals surface area (Å²) in [5.41, 5.74) is 1.59. The summed E-state index contributed by atoms with van der Waals surface area (Å²) >= 11 is 0. The molecule has 22 heavy (non-hydrogen) atoms. The summed E-state index contributed by atoms with van der Waals surface area (Å²) in [6.07, 6.45) is 8.46. The fourth-order valence-electron chi connectivity index (χ4n) is 3.06. The number of benzene rings is 1. The van der Waals surface area contributed by atoms with Crippen molar-refractivity contribution in [1.82, 2.24) is 15.3 Å². The first kappa shape index (κ1) is 14.6. The van der Waals surface area contributed by atoms with Crippen molar-refractivity contribution in [3.05, 3.63) is 59.9 Å². The summed E-state index contributed by atoms with van der Waals surface area (Å²) in [6.45, 7) is 0. The summed E-state index contributed by atoms with van der Waals surface area (Å²) in [4.78, 5) is 19.9. The molecule has 1 amide bonds. The first-order chi connectivity index (χ1) is 10.7. The number of nitrogens with one attached hydrogen (secondary N) is 1. The Morgan fingerprint density at radius 2 is 1.91 bits per heavy atom. The lowest BCUT2D eigenvalue weighted by Gasteiger charge is -2.21. The van der Waals surface area contributed by atoms with Crippen LogP contribution >= 0.6 is 0 Å². The number of amides is 1. The molecule has 2 atom stereocenters. The van der Waals surface area contributed by atoms with Gasteiger partial charge in [-0.25, -0.2) is 14.4 Å². The fourth-order valence-corrected chi connectivity index (χ4v) is 3.06. The minimum Gasteiger partial charge on any atom is -0.349 e. The normalized spacial score (nSPS) is 20.8. The number of nitrogens with zero attached hydrogens (tertiary/aromatic N) is 2. The molecule has 0 bridgehead atoms. The summed E-state index contributed by atoms with van der Waals surface area (Å²) in [5, 5.41) is 3.08. The Kier molecular flexibility index (Phi) is 4.42. The first-order valence-corrected chi connectivity index (χ1v) is 7.52. The van der Waals surface area contributed by atoms with Gasteiger partial charge in [-0.15, -0.1) is 0 Å². The number of rotatable bonds is 4. The van der Waals surface area contributed by atoms with Gasteiger partial charge in [-0.1, -0.05) is 18.6 Å². The predicted molar refractivity (Wildman–Crippen MR) is 80.7 cm³/mol. The molecule has 1 aromatic carbocycles. The molecule has 0 saturated heterocycles. The maximum absolute atomic E-state index is 13.0. The Labute approximate surface area is 128 Å². The maximum atomic E-state index is 13.0. The largest absolute Gasteiger partial charge is 0.349 e. The van der Waals surface area contributed by atoms with Crippen molar-refractivity contribution >= 4 is 5.91 Å². The summed E-state index contributed by atoms with van der Waals surface area (Å²) in [5.74, 6) is 0.0414. The zero-order chi connectivity index (χ0) is 15.4. The third kappa shape index (κ3) is 3.47. The van der Waals surface area contributed by atoms with Gasteiger partial charge in [0.1, 0.15) is 12.1 Å². The summed E-state index contributed by atoms with van der Waals surface area (Å²) in [6, 6.07) is 6.76. The maximum Gasteiger partial charge on any atom is 0.254 e. The Bertz CT molecular complexity index is 630. The van der Waals surface area contributed by atoms with E-state index < -0.39 is 0 Å². The van der Waals surface area contributed by atoms with Crippen LogP contribution < -0.4 is 5.32 Å². The molecule has 114 valence electrons. The molecule has 4 nitrogen and oxygen atoms in total. The van der Waals surface area contributed by atoms with E-state index in [0.717, 1.165) is 31.2 Å². The third-order valence-electron chi connectivity index (χ3n) is 4.21. The van der Waals surface area contributed by atoms with Gasteiger partial charge >= 0.3 is 0 Å². The second-order valence-electron chi connectivity index (χ2n) is 5.73. The van der Waals surface area contributed by atoms with E-state index >= 15 is 0 Å². The lowest BCUT2D eigenvalue weighted by Crippen LogP contribution is -2.38. The van der Waals surface area contributed by atoms with Crippen molar-refractivity contribution in [1.29, 1.82) is 0 Å². The Balaban J connectivity index is 1.63. The molecule has 1 saturated carbocycles. The number of aromatic nitrogens is 2. The van der Waals surface area contributed by atoms with E-state index in [1.54, 1.807) is 0 Å². The van der Waals surface area contributed by atoms with E-state index in [-0.39, 0.29) is 17.8 Å². The summed E-state index contributed by atoms with van der Waals surface area (Å²) in [7, 11) is 0. The molecule has 2 aromatic rings. The van der Waals surface area contributed by atoms with Gasteiger partial charge in [0, 0.05) is 18.4 Å². The van der Waals surface area contributed by atoms with Crippen LogP contribution in [0.15, 0.2) is 43.0 Å². The molecule has 0 radical (unpaired) electrons. The molecule has 3 rings (SSSR count). The van der Waals surface area contributed by atoms with Crippen molar-refractivity contribution in [2.75, 3.05) is 0 Å². The highest BCUT2D eigenvalue weighted by Crippen LogP contribution is 2.29. The highest BCUT2D eigenvalue weighted by atomic mass is 19.1. The van der Waals surface area contributed by atoms with Crippen molar-refractivity contribution in [3.8, 4) is 0 Å². The number of hydrogen-bond donors (Lipinski definition) is 1. The zero-order valence-corrected chi connectivity index (χ0v) is 12.2. The molecule has 0 aliphatic heterocycles. The predicted octanol–water partition coefficient (Wildman–Crippen LogP) is 2.76. The standard InChI is InChI=1S/C17H18FN3O/c18-15-6-4-12(5-7-15)8-13-2-1-3-16(13)21-17(22)14-9-19-11-20-10-14/h4-7,9-11,13,16H,1-3,8H2,(H,21,22)/t13-,16-/m0/s1. The van der Waals surface area contributed by atoms with Crippen LogP contribution in [-0.2, 0) is 6.42 Å². The number of carbonyl (C=O) groups excluding carboxylic acids is 1. The van der Waals surface area contributed by atoms with Gasteiger partial charge in [-0.3, -0.25) is 4.79 Å². The smallest absolute Gasteiger partial charge is 0.254 e. The fraction of sp³-hybridized carbons (Fsp3) is 0.353. The Morgan fingerprint density at radius 1 is 1.18 bits per heavy atom. The van der Waals surface area contributed by atoms with Crippen molar-refractivity contribution in [2.45, 2.75) is 31.7 Å². The van der Waals surface area contributed by atoms with E-state index in [4.69, 9.17) is 0 Å². The second-order valence-corrected chi connectivity index (χ2v) is 5.73. The lowest BCUT2D eigenvalue weighted by molar-refractivity contribution is 0.0927. The quantitative estimate of drug-likeness (QED) is 0.944. The van der Waals surface area contributed by atoms with Crippen LogP contribution in [0, 0.1) is 11.7 Å². The van der Waals surface area contributed by atoms with Crippen LogP contribution in [0.3, 0.4) is 0 Å². The molecule has 5 heteroatoms. The van der Waals surface area contributed by atoms with E-state index in [2.05, 4.69) is 15.3 Å². The van der Waals surface area contributed by atoms with E-state index in [0.29, 0.717) is 11.5 Å². The molecule has 1 heterocycles. The van der Waals surface area contributed by atoms with Crippen molar-refractivity contribution < 1.29 is 9.18 Å². The van der Waals surface area contributed by atoms with Crippen molar-refractivity contribution in [2.24, 2.45) is 5.92 Å². The molecule has 1 aliphatic rings. The minimum absolute atomic E-state index is 0.128. The van der Waals surface area contributed by atoms with Crippen LogP contribution in [-0.4, -0.2) is 21.9 Å². The monoisotopic (exact) mass is 299 g/mol. The Hall–Kier alpha value is -2.30. The molecular formula is C17H18FN3O. The van der Waals surface area contributed by atoms with Gasteiger partial charge in [0.25, 0.3) is 5.91 Å². The van der Waals surface area contributed by atoms with E-state index in [9.17, 15) is 9.18 Å². The highest BCUT2D eigenvalue weighted by molar-refractivity contribution is 5.93. The van der Waals surface area contributed by atoms with E-state index in [1.165, 1.54) is 30.9 Å². The molecule has 1 fully saturated rings. The molecule has 1 aromatic heterocycles. The topological polar surface area (TPSA) is 54.9 Å². The first-order valence-electron chi connectivity index (χ1n) is 7.52. The zero-order valence-electron chi connectivity index (χ0n) is 12.2. The molecule has 1 aliphatic carbocycles. The highest BCUT2D eigenvalue weighted by Gasteiger charge is 2.28. The minimum atomic E-state index is -0.218. The van der Waals surface area contributed by atoms with Gasteiger partial charge < -0.3 is 5.32 Å². The van der Waals surface area contributed by atoms with Gasteiger partial charge in [0.05, 0.1) is 5.56 Å². The summed E-state index contributed by atoms with van der Waals surface area (Å²) < 4.78 is 13.0. The van der Waals surface area contributed by atoms with Gasteiger partial charge in [-0.2, -0.15) is 0 Å². The SMILES string of the molecule is O=C(N[C@H]1CCC[C@H]1Cc1ccc(F)cc1)c1cncnc1. The van der Waals surface area contributed by atoms with Gasteiger partial charge in [0.2, 0.25) is 0 Å². The number of halogens is 1. The average Bonchev–Trinajstić information content (AvgIpc) is 2.97. The van der Waals surface area contributed by atoms with Gasteiger partial charge in [-0.05, 0) is 42.9 Å². The number of carbonyl (C=O) groups is 1. The molecule has 0 unspecified atom stereocenters. The van der Waals surface area contributed by atoms with Crippen LogP contribution in [0.25, 0.3) is 0 Å². The lowest BCUT2D eigenvalue weighted by atomic mass is 9.94.